The number of aliphatic hydroxyl groups is 2. The Labute approximate surface area is 151 Å². The summed E-state index contributed by atoms with van der Waals surface area (Å²) in [5.74, 6) is -1.43. The number of aromatic nitrogens is 1. The van der Waals surface area contributed by atoms with E-state index in [0.29, 0.717) is 35.7 Å². The molecule has 0 saturated carbocycles. The summed E-state index contributed by atoms with van der Waals surface area (Å²) < 4.78 is 10.6. The molecule has 4 N–H and O–H groups in total. The second kappa shape index (κ2) is 7.29. The number of benzene rings is 2. The van der Waals surface area contributed by atoms with Gasteiger partial charge in [0.05, 0.1) is 0 Å². The summed E-state index contributed by atoms with van der Waals surface area (Å²) in [5.41, 5.74) is 9.36. The molecule has 0 unspecified atom stereocenters. The first-order chi connectivity index (χ1) is 12.4. The molecular weight excluding hydrogens is 332 g/mol. The lowest BCUT2D eigenvalue weighted by Crippen LogP contribution is -2.28. The third-order valence-corrected chi connectivity index (χ3v) is 4.50. The molecule has 26 heavy (non-hydrogen) atoms. The van der Waals surface area contributed by atoms with Crippen molar-refractivity contribution in [1.82, 2.24) is 4.98 Å². The molecule has 0 aliphatic rings. The van der Waals surface area contributed by atoms with Crippen LogP contribution in [0.15, 0.2) is 53.5 Å². The number of oxazole rings is 1. The van der Waals surface area contributed by atoms with Gasteiger partial charge < -0.3 is 25.1 Å². The van der Waals surface area contributed by atoms with E-state index in [-0.39, 0.29) is 0 Å². The molecule has 0 spiro atoms. The van der Waals surface area contributed by atoms with E-state index in [1.54, 1.807) is 36.4 Å². The average Bonchev–Trinajstić information content (AvgIpc) is 3.17. The van der Waals surface area contributed by atoms with Crippen LogP contribution < -0.4 is 10.5 Å². The highest BCUT2D eigenvalue weighted by atomic mass is 16.5. The maximum absolute atomic E-state index is 10.8. The SMILES string of the molecule is Cc1c(OCCN)ccc(C(O)(O)c2ccc(-c3cocn3)cc2)c1C. The summed E-state index contributed by atoms with van der Waals surface area (Å²) in [6.07, 6.45) is 2.89. The molecule has 0 bridgehead atoms. The van der Waals surface area contributed by atoms with Crippen molar-refractivity contribution in [2.75, 3.05) is 13.2 Å². The number of nitrogens with two attached hydrogens (primary N) is 1. The van der Waals surface area contributed by atoms with Gasteiger partial charge in [0.25, 0.3) is 0 Å². The Morgan fingerprint density at radius 3 is 2.42 bits per heavy atom. The Morgan fingerprint density at radius 1 is 1.08 bits per heavy atom. The molecule has 0 atom stereocenters. The monoisotopic (exact) mass is 354 g/mol. The zero-order valence-electron chi connectivity index (χ0n) is 14.8. The molecule has 3 rings (SSSR count). The van der Waals surface area contributed by atoms with E-state index >= 15 is 0 Å². The largest absolute Gasteiger partial charge is 0.492 e. The predicted molar refractivity (Wildman–Crippen MR) is 97.6 cm³/mol. The highest BCUT2D eigenvalue weighted by Gasteiger charge is 2.31. The molecule has 1 heterocycles. The molecule has 136 valence electrons. The van der Waals surface area contributed by atoms with Crippen LogP contribution in [0, 0.1) is 13.8 Å². The topological polar surface area (TPSA) is 102 Å². The van der Waals surface area contributed by atoms with Gasteiger partial charge in [-0.2, -0.15) is 0 Å². The number of nitrogens with zero attached hydrogens (tertiary/aromatic N) is 1. The smallest absolute Gasteiger partial charge is 0.217 e. The van der Waals surface area contributed by atoms with E-state index in [0.717, 1.165) is 16.7 Å². The molecule has 0 radical (unpaired) electrons. The normalized spacial score (nSPS) is 11.6. The lowest BCUT2D eigenvalue weighted by molar-refractivity contribution is -0.132. The molecule has 0 saturated heterocycles. The van der Waals surface area contributed by atoms with Crippen LogP contribution in [0.1, 0.15) is 22.3 Å². The second-order valence-corrected chi connectivity index (χ2v) is 6.12. The van der Waals surface area contributed by atoms with Gasteiger partial charge in [-0.3, -0.25) is 0 Å². The van der Waals surface area contributed by atoms with Crippen molar-refractivity contribution in [2.45, 2.75) is 19.6 Å². The first kappa shape index (κ1) is 18.1. The van der Waals surface area contributed by atoms with E-state index in [4.69, 9.17) is 14.9 Å². The number of hydrogen-bond acceptors (Lipinski definition) is 6. The summed E-state index contributed by atoms with van der Waals surface area (Å²) >= 11 is 0. The summed E-state index contributed by atoms with van der Waals surface area (Å²) in [5, 5.41) is 21.6. The Kier molecular flexibility index (Phi) is 5.08. The van der Waals surface area contributed by atoms with Gasteiger partial charge in [-0.05, 0) is 37.1 Å². The fourth-order valence-corrected chi connectivity index (χ4v) is 2.88. The lowest BCUT2D eigenvalue weighted by atomic mass is 9.90. The van der Waals surface area contributed by atoms with E-state index in [1.165, 1.54) is 12.7 Å². The zero-order chi connectivity index (χ0) is 18.7. The summed E-state index contributed by atoms with van der Waals surface area (Å²) in [4.78, 5) is 4.08. The second-order valence-electron chi connectivity index (χ2n) is 6.12. The Bertz CT molecular complexity index is 872. The van der Waals surface area contributed by atoms with Crippen molar-refractivity contribution in [1.29, 1.82) is 0 Å². The maximum Gasteiger partial charge on any atom is 0.217 e. The van der Waals surface area contributed by atoms with Crippen molar-refractivity contribution < 1.29 is 19.4 Å². The van der Waals surface area contributed by atoms with Gasteiger partial charge in [0.15, 0.2) is 6.39 Å². The van der Waals surface area contributed by atoms with E-state index in [2.05, 4.69) is 4.98 Å². The first-order valence-corrected chi connectivity index (χ1v) is 8.32. The van der Waals surface area contributed by atoms with Crippen LogP contribution in [0.25, 0.3) is 11.3 Å². The molecule has 6 heteroatoms. The van der Waals surface area contributed by atoms with Crippen LogP contribution in [-0.2, 0) is 5.79 Å². The number of rotatable bonds is 6. The van der Waals surface area contributed by atoms with Crippen LogP contribution in [0.2, 0.25) is 0 Å². The van der Waals surface area contributed by atoms with Gasteiger partial charge in [0.2, 0.25) is 5.79 Å². The average molecular weight is 354 g/mol. The number of ether oxygens (including phenoxy) is 1. The molecule has 0 fully saturated rings. The highest BCUT2D eigenvalue weighted by molar-refractivity contribution is 5.58. The van der Waals surface area contributed by atoms with Crippen molar-refractivity contribution >= 4 is 0 Å². The summed E-state index contributed by atoms with van der Waals surface area (Å²) in [6, 6.07) is 10.3. The molecule has 0 amide bonds. The molecule has 0 aliphatic carbocycles. The molecule has 3 aromatic rings. The lowest BCUT2D eigenvalue weighted by Gasteiger charge is -2.26. The Hall–Kier alpha value is -2.67. The van der Waals surface area contributed by atoms with E-state index < -0.39 is 5.79 Å². The zero-order valence-corrected chi connectivity index (χ0v) is 14.8. The Morgan fingerprint density at radius 2 is 1.81 bits per heavy atom. The third-order valence-electron chi connectivity index (χ3n) is 4.50. The maximum atomic E-state index is 10.8. The highest BCUT2D eigenvalue weighted by Crippen LogP contribution is 2.34. The van der Waals surface area contributed by atoms with Crippen molar-refractivity contribution in [2.24, 2.45) is 5.73 Å². The fraction of sp³-hybridized carbons (Fsp3) is 0.250. The van der Waals surface area contributed by atoms with Crippen LogP contribution in [0.3, 0.4) is 0 Å². The van der Waals surface area contributed by atoms with Crippen LogP contribution in [0.5, 0.6) is 5.75 Å². The van der Waals surface area contributed by atoms with E-state index in [1.807, 2.05) is 13.8 Å². The molecule has 6 nitrogen and oxygen atoms in total. The first-order valence-electron chi connectivity index (χ1n) is 8.32. The Balaban J connectivity index is 1.93. The third kappa shape index (κ3) is 3.35. The predicted octanol–water partition coefficient (Wildman–Crippen LogP) is 2.48. The number of hydrogen-bond donors (Lipinski definition) is 3. The molecule has 1 aromatic heterocycles. The van der Waals surface area contributed by atoms with Gasteiger partial charge in [0.1, 0.15) is 24.3 Å². The van der Waals surface area contributed by atoms with E-state index in [9.17, 15) is 10.2 Å². The van der Waals surface area contributed by atoms with Gasteiger partial charge >= 0.3 is 0 Å². The minimum Gasteiger partial charge on any atom is -0.492 e. The summed E-state index contributed by atoms with van der Waals surface area (Å²) in [7, 11) is 0. The van der Waals surface area contributed by atoms with Crippen molar-refractivity contribution in [3.05, 3.63) is 71.3 Å². The minimum absolute atomic E-state index is 0.364. The van der Waals surface area contributed by atoms with Crippen LogP contribution in [0.4, 0.5) is 0 Å². The summed E-state index contributed by atoms with van der Waals surface area (Å²) in [6.45, 7) is 4.55. The standard InChI is InChI=1S/C20H22N2O4/c1-13-14(2)19(26-10-9-21)8-7-17(13)20(23,24)16-5-3-15(4-6-16)18-11-25-12-22-18/h3-8,11-12,23-24H,9-10,21H2,1-2H3. The van der Waals surface area contributed by atoms with Gasteiger partial charge in [-0.1, -0.05) is 24.3 Å². The van der Waals surface area contributed by atoms with Gasteiger partial charge in [-0.15, -0.1) is 0 Å². The molecule has 2 aromatic carbocycles. The quantitative estimate of drug-likeness (QED) is 0.588. The van der Waals surface area contributed by atoms with Gasteiger partial charge in [-0.25, -0.2) is 4.98 Å². The fourth-order valence-electron chi connectivity index (χ4n) is 2.88. The molecule has 0 aliphatic heterocycles. The van der Waals surface area contributed by atoms with Crippen LogP contribution >= 0.6 is 0 Å². The molecular formula is C20H22N2O4. The van der Waals surface area contributed by atoms with Gasteiger partial charge in [0, 0.05) is 23.2 Å². The van der Waals surface area contributed by atoms with Crippen LogP contribution in [-0.4, -0.2) is 28.3 Å². The van der Waals surface area contributed by atoms with Crippen molar-refractivity contribution in [3.63, 3.8) is 0 Å². The minimum atomic E-state index is -2.12. The van der Waals surface area contributed by atoms with Crippen molar-refractivity contribution in [3.8, 4) is 17.0 Å².